The number of hydrogen-bond donors (Lipinski definition) is 1. The monoisotopic (exact) mass is 231 g/mol. The maximum Gasteiger partial charge on any atom is 0.0541 e. The van der Waals surface area contributed by atoms with E-state index >= 15 is 0 Å². The molecule has 0 unspecified atom stereocenters. The van der Waals surface area contributed by atoms with Crippen LogP contribution >= 0.6 is 0 Å². The first kappa shape index (κ1) is 11.1. The van der Waals surface area contributed by atoms with Crippen molar-refractivity contribution < 1.29 is 5.11 Å². The quantitative estimate of drug-likeness (QED) is 0.803. The molecule has 0 radical (unpaired) electrons. The van der Waals surface area contributed by atoms with E-state index in [1.54, 1.807) is 0 Å². The molecule has 2 aliphatic rings. The van der Waals surface area contributed by atoms with Gasteiger partial charge in [0.15, 0.2) is 0 Å². The number of nitrogens with zero attached hydrogens (tertiary/aromatic N) is 1. The van der Waals surface area contributed by atoms with Crippen LogP contribution in [0.3, 0.4) is 0 Å². The molecule has 1 aliphatic carbocycles. The Balaban J connectivity index is 1.80. The zero-order valence-electron chi connectivity index (χ0n) is 10.3. The second-order valence-corrected chi connectivity index (χ2v) is 5.39. The van der Waals surface area contributed by atoms with Crippen molar-refractivity contribution in [2.45, 2.75) is 50.7 Å². The number of para-hydroxylation sites is 1. The van der Waals surface area contributed by atoms with Gasteiger partial charge in [0.1, 0.15) is 0 Å². The Bertz CT molecular complexity index is 382. The minimum Gasteiger partial charge on any atom is -0.393 e. The molecule has 1 aromatic carbocycles. The van der Waals surface area contributed by atoms with Crippen LogP contribution in [0.25, 0.3) is 0 Å². The Morgan fingerprint density at radius 2 is 1.82 bits per heavy atom. The number of fused-ring (bicyclic) bond motifs is 1. The van der Waals surface area contributed by atoms with Gasteiger partial charge in [0.05, 0.1) is 6.10 Å². The number of aliphatic hydroxyl groups is 1. The topological polar surface area (TPSA) is 23.5 Å². The summed E-state index contributed by atoms with van der Waals surface area (Å²) < 4.78 is 0. The van der Waals surface area contributed by atoms with E-state index in [-0.39, 0.29) is 6.10 Å². The lowest BCUT2D eigenvalue weighted by molar-refractivity contribution is 0.121. The van der Waals surface area contributed by atoms with Gasteiger partial charge >= 0.3 is 0 Å². The highest BCUT2D eigenvalue weighted by Gasteiger charge is 2.27. The molecule has 1 aromatic rings. The predicted molar refractivity (Wildman–Crippen MR) is 70.4 cm³/mol. The highest BCUT2D eigenvalue weighted by atomic mass is 16.3. The molecular weight excluding hydrogens is 210 g/mol. The van der Waals surface area contributed by atoms with E-state index in [1.807, 2.05) is 0 Å². The smallest absolute Gasteiger partial charge is 0.0541 e. The molecule has 1 aliphatic heterocycles. The Morgan fingerprint density at radius 1 is 1.06 bits per heavy atom. The second kappa shape index (κ2) is 4.69. The van der Waals surface area contributed by atoms with Crippen LogP contribution in [0.4, 0.5) is 5.69 Å². The first-order chi connectivity index (χ1) is 8.34. The van der Waals surface area contributed by atoms with E-state index in [2.05, 4.69) is 29.2 Å². The standard InChI is InChI=1S/C15H21NO/c17-14-9-7-13(8-10-14)16-11-3-5-12-4-1-2-6-15(12)16/h1-2,4,6,13-14,17H,3,5,7-11H2. The maximum atomic E-state index is 9.60. The van der Waals surface area contributed by atoms with Crippen LogP contribution in [0.5, 0.6) is 0 Å². The van der Waals surface area contributed by atoms with Crippen LogP contribution in [0.1, 0.15) is 37.7 Å². The number of anilines is 1. The van der Waals surface area contributed by atoms with Gasteiger partial charge in [-0.25, -0.2) is 0 Å². The van der Waals surface area contributed by atoms with E-state index in [0.717, 1.165) is 25.7 Å². The summed E-state index contributed by atoms with van der Waals surface area (Å²) >= 11 is 0. The molecule has 1 fully saturated rings. The van der Waals surface area contributed by atoms with E-state index < -0.39 is 0 Å². The third-order valence-corrected chi connectivity index (χ3v) is 4.25. The molecule has 0 aromatic heterocycles. The molecule has 17 heavy (non-hydrogen) atoms. The van der Waals surface area contributed by atoms with E-state index in [4.69, 9.17) is 0 Å². The maximum absolute atomic E-state index is 9.60. The summed E-state index contributed by atoms with van der Waals surface area (Å²) in [6.45, 7) is 1.19. The summed E-state index contributed by atoms with van der Waals surface area (Å²) in [4.78, 5) is 2.59. The second-order valence-electron chi connectivity index (χ2n) is 5.39. The first-order valence-electron chi connectivity index (χ1n) is 6.87. The molecule has 1 N–H and O–H groups in total. The third-order valence-electron chi connectivity index (χ3n) is 4.25. The van der Waals surface area contributed by atoms with Crippen LogP contribution in [0.15, 0.2) is 24.3 Å². The summed E-state index contributed by atoms with van der Waals surface area (Å²) in [5.74, 6) is 0. The van der Waals surface area contributed by atoms with Crippen molar-refractivity contribution in [3.05, 3.63) is 29.8 Å². The number of benzene rings is 1. The van der Waals surface area contributed by atoms with Gasteiger partial charge in [-0.3, -0.25) is 0 Å². The molecular formula is C15H21NO. The summed E-state index contributed by atoms with van der Waals surface area (Å²) in [5.41, 5.74) is 2.95. The molecule has 1 heterocycles. The number of hydrogen-bond acceptors (Lipinski definition) is 2. The van der Waals surface area contributed by atoms with E-state index in [0.29, 0.717) is 6.04 Å². The fraction of sp³-hybridized carbons (Fsp3) is 0.600. The molecule has 1 saturated carbocycles. The highest BCUT2D eigenvalue weighted by molar-refractivity contribution is 5.56. The minimum absolute atomic E-state index is 0.0497. The summed E-state index contributed by atoms with van der Waals surface area (Å²) in [6, 6.07) is 9.47. The van der Waals surface area contributed by atoms with Gasteiger partial charge in [-0.2, -0.15) is 0 Å². The van der Waals surface area contributed by atoms with Gasteiger partial charge in [-0.15, -0.1) is 0 Å². The Labute approximate surface area is 103 Å². The molecule has 0 saturated heterocycles. The normalized spacial score (nSPS) is 28.9. The van der Waals surface area contributed by atoms with E-state index in [1.165, 1.54) is 30.6 Å². The van der Waals surface area contributed by atoms with Crippen LogP contribution in [-0.4, -0.2) is 23.8 Å². The molecule has 3 rings (SSSR count). The predicted octanol–water partition coefficient (Wildman–Crippen LogP) is 2.74. The zero-order chi connectivity index (χ0) is 11.7. The molecule has 92 valence electrons. The van der Waals surface area contributed by atoms with Crippen molar-refractivity contribution in [3.63, 3.8) is 0 Å². The van der Waals surface area contributed by atoms with Crippen LogP contribution in [0, 0.1) is 0 Å². The van der Waals surface area contributed by atoms with Gasteiger partial charge in [0.25, 0.3) is 0 Å². The molecule has 0 spiro atoms. The van der Waals surface area contributed by atoms with Crippen molar-refractivity contribution in [1.82, 2.24) is 0 Å². The lowest BCUT2D eigenvalue weighted by atomic mass is 9.89. The summed E-state index contributed by atoms with van der Waals surface area (Å²) in [5, 5.41) is 9.60. The molecule has 2 nitrogen and oxygen atoms in total. The fourth-order valence-corrected chi connectivity index (χ4v) is 3.31. The molecule has 0 amide bonds. The van der Waals surface area contributed by atoms with Gasteiger partial charge in [-0.05, 0) is 50.2 Å². The number of aliphatic hydroxyl groups excluding tert-OH is 1. The Kier molecular flexibility index (Phi) is 3.06. The van der Waals surface area contributed by atoms with Crippen LogP contribution in [-0.2, 0) is 6.42 Å². The summed E-state index contributed by atoms with van der Waals surface area (Å²) in [7, 11) is 0. The van der Waals surface area contributed by atoms with Crippen LogP contribution < -0.4 is 4.90 Å². The lowest BCUT2D eigenvalue weighted by Gasteiger charge is -2.40. The Hall–Kier alpha value is -1.02. The van der Waals surface area contributed by atoms with Crippen molar-refractivity contribution in [2.75, 3.05) is 11.4 Å². The molecule has 2 heteroatoms. The number of aryl methyl sites for hydroxylation is 1. The van der Waals surface area contributed by atoms with Crippen molar-refractivity contribution in [2.24, 2.45) is 0 Å². The minimum atomic E-state index is -0.0497. The summed E-state index contributed by atoms with van der Waals surface area (Å²) in [6.07, 6.45) is 6.70. The highest BCUT2D eigenvalue weighted by Crippen LogP contribution is 2.33. The van der Waals surface area contributed by atoms with E-state index in [9.17, 15) is 5.11 Å². The zero-order valence-corrected chi connectivity index (χ0v) is 10.3. The van der Waals surface area contributed by atoms with Crippen molar-refractivity contribution in [3.8, 4) is 0 Å². The molecule has 0 atom stereocenters. The fourth-order valence-electron chi connectivity index (χ4n) is 3.31. The largest absolute Gasteiger partial charge is 0.393 e. The van der Waals surface area contributed by atoms with Crippen molar-refractivity contribution in [1.29, 1.82) is 0 Å². The van der Waals surface area contributed by atoms with Gasteiger partial charge in [0, 0.05) is 18.3 Å². The Morgan fingerprint density at radius 3 is 2.65 bits per heavy atom. The van der Waals surface area contributed by atoms with Crippen LogP contribution in [0.2, 0.25) is 0 Å². The lowest BCUT2D eigenvalue weighted by Crippen LogP contribution is -2.42. The van der Waals surface area contributed by atoms with Gasteiger partial charge in [-0.1, -0.05) is 18.2 Å². The average molecular weight is 231 g/mol. The SMILES string of the molecule is OC1CCC(N2CCCc3ccccc32)CC1. The van der Waals surface area contributed by atoms with Gasteiger partial charge in [0.2, 0.25) is 0 Å². The van der Waals surface area contributed by atoms with Crippen molar-refractivity contribution >= 4 is 5.69 Å². The average Bonchev–Trinajstić information content (AvgIpc) is 2.39. The first-order valence-corrected chi connectivity index (χ1v) is 6.87. The van der Waals surface area contributed by atoms with Gasteiger partial charge < -0.3 is 10.0 Å². The molecule has 0 bridgehead atoms. The number of rotatable bonds is 1. The third kappa shape index (κ3) is 2.19.